The van der Waals surface area contributed by atoms with Crippen molar-refractivity contribution in [2.45, 2.75) is 19.9 Å². The van der Waals surface area contributed by atoms with Crippen LogP contribution in [0.15, 0.2) is 88.8 Å². The molecule has 0 radical (unpaired) electrons. The van der Waals surface area contributed by atoms with Crippen molar-refractivity contribution in [2.24, 2.45) is 0 Å². The summed E-state index contributed by atoms with van der Waals surface area (Å²) in [5, 5.41) is 11.1. The lowest BCUT2D eigenvalue weighted by Gasteiger charge is -2.28. The van der Waals surface area contributed by atoms with Gasteiger partial charge in [0.25, 0.3) is 5.91 Å². The van der Waals surface area contributed by atoms with E-state index in [1.807, 2.05) is 68.4 Å². The average molecular weight is 501 g/mol. The molecule has 0 bridgehead atoms. The SMILES string of the molecule is CC1=C(C(=O)Nc2cccnc2)C(c2ccc(Br)cc2)n2nc(-c3ccccc3C)nc2N1. The second-order valence-corrected chi connectivity index (χ2v) is 8.75. The maximum Gasteiger partial charge on any atom is 0.255 e. The lowest BCUT2D eigenvalue weighted by atomic mass is 9.95. The van der Waals surface area contributed by atoms with Gasteiger partial charge in [-0.05, 0) is 49.2 Å². The van der Waals surface area contributed by atoms with Crippen molar-refractivity contribution in [2.75, 3.05) is 10.6 Å². The molecule has 0 spiro atoms. The normalized spacial score (nSPS) is 15.1. The minimum absolute atomic E-state index is 0.223. The molecule has 33 heavy (non-hydrogen) atoms. The Kier molecular flexibility index (Phi) is 5.51. The van der Waals surface area contributed by atoms with Gasteiger partial charge < -0.3 is 10.6 Å². The van der Waals surface area contributed by atoms with Gasteiger partial charge in [-0.3, -0.25) is 9.78 Å². The fraction of sp³-hybridized carbons (Fsp3) is 0.120. The molecular formula is C25H21BrN6O. The highest BCUT2D eigenvalue weighted by molar-refractivity contribution is 9.10. The first kappa shape index (κ1) is 21.1. The zero-order valence-electron chi connectivity index (χ0n) is 18.1. The molecule has 0 saturated heterocycles. The molecule has 1 aliphatic heterocycles. The zero-order valence-corrected chi connectivity index (χ0v) is 19.7. The first-order valence-electron chi connectivity index (χ1n) is 10.5. The molecule has 0 saturated carbocycles. The standard InChI is InChI=1S/C25H21BrN6O/c1-15-6-3-4-8-20(15)23-30-25-28-16(2)21(24(33)29-19-7-5-13-27-14-19)22(32(25)31-23)17-9-11-18(26)12-10-17/h3-14,22H,1-2H3,(H,29,33)(H,28,30,31). The summed E-state index contributed by atoms with van der Waals surface area (Å²) in [5.74, 6) is 0.982. The maximum atomic E-state index is 13.5. The molecule has 1 amide bonds. The van der Waals surface area contributed by atoms with Gasteiger partial charge in [-0.25, -0.2) is 4.68 Å². The van der Waals surface area contributed by atoms with Crippen LogP contribution in [0.5, 0.6) is 0 Å². The first-order valence-corrected chi connectivity index (χ1v) is 11.3. The Morgan fingerprint density at radius 3 is 2.58 bits per heavy atom. The molecule has 2 aromatic heterocycles. The number of benzene rings is 2. The van der Waals surface area contributed by atoms with Crippen molar-refractivity contribution in [1.29, 1.82) is 0 Å². The Hall–Kier alpha value is -3.78. The van der Waals surface area contributed by atoms with Crippen LogP contribution in [0.4, 0.5) is 11.6 Å². The van der Waals surface area contributed by atoms with E-state index >= 15 is 0 Å². The van der Waals surface area contributed by atoms with Crippen LogP contribution < -0.4 is 10.6 Å². The van der Waals surface area contributed by atoms with Gasteiger partial charge in [0.1, 0.15) is 6.04 Å². The van der Waals surface area contributed by atoms with E-state index < -0.39 is 6.04 Å². The molecule has 4 aromatic rings. The largest absolute Gasteiger partial charge is 0.328 e. The number of rotatable bonds is 4. The monoisotopic (exact) mass is 500 g/mol. The van der Waals surface area contributed by atoms with Gasteiger partial charge in [-0.15, -0.1) is 5.10 Å². The first-order chi connectivity index (χ1) is 16.0. The highest BCUT2D eigenvalue weighted by Gasteiger charge is 2.34. The lowest BCUT2D eigenvalue weighted by Crippen LogP contribution is -2.31. The second kappa shape index (κ2) is 8.63. The van der Waals surface area contributed by atoms with Crippen LogP contribution in [0.2, 0.25) is 0 Å². The lowest BCUT2D eigenvalue weighted by molar-refractivity contribution is -0.113. The molecule has 8 heteroatoms. The number of anilines is 2. The molecule has 2 aromatic carbocycles. The van der Waals surface area contributed by atoms with Crippen LogP contribution in [-0.2, 0) is 4.79 Å². The molecule has 5 rings (SSSR count). The van der Waals surface area contributed by atoms with Gasteiger partial charge >= 0.3 is 0 Å². The molecule has 2 N–H and O–H groups in total. The molecule has 3 heterocycles. The van der Waals surface area contributed by atoms with Crippen LogP contribution in [0.1, 0.15) is 24.1 Å². The predicted octanol–water partition coefficient (Wildman–Crippen LogP) is 5.34. The van der Waals surface area contributed by atoms with Crippen molar-refractivity contribution in [3.8, 4) is 11.4 Å². The third-order valence-electron chi connectivity index (χ3n) is 5.59. The van der Waals surface area contributed by atoms with Gasteiger partial charge in [-0.1, -0.05) is 52.3 Å². The third-order valence-corrected chi connectivity index (χ3v) is 6.12. The highest BCUT2D eigenvalue weighted by atomic mass is 79.9. The molecule has 164 valence electrons. The maximum absolute atomic E-state index is 13.5. The Morgan fingerprint density at radius 1 is 1.06 bits per heavy atom. The van der Waals surface area contributed by atoms with Crippen LogP contribution >= 0.6 is 15.9 Å². The van der Waals surface area contributed by atoms with Crippen LogP contribution in [0, 0.1) is 6.92 Å². The Morgan fingerprint density at radius 2 is 1.85 bits per heavy atom. The smallest absolute Gasteiger partial charge is 0.255 e. The summed E-state index contributed by atoms with van der Waals surface area (Å²) in [6.45, 7) is 3.92. The summed E-state index contributed by atoms with van der Waals surface area (Å²) < 4.78 is 2.75. The Labute approximate surface area is 199 Å². The average Bonchev–Trinajstić information content (AvgIpc) is 3.23. The van der Waals surface area contributed by atoms with Crippen molar-refractivity contribution >= 4 is 33.5 Å². The van der Waals surface area contributed by atoms with Crippen LogP contribution in [0.3, 0.4) is 0 Å². The summed E-state index contributed by atoms with van der Waals surface area (Å²) in [5.41, 5.74) is 4.88. The van der Waals surface area contributed by atoms with E-state index in [1.165, 1.54) is 0 Å². The van der Waals surface area contributed by atoms with E-state index in [0.29, 0.717) is 23.0 Å². The fourth-order valence-electron chi connectivity index (χ4n) is 3.97. The summed E-state index contributed by atoms with van der Waals surface area (Å²) in [6, 6.07) is 19.0. The van der Waals surface area contributed by atoms with E-state index in [1.54, 1.807) is 23.1 Å². The topological polar surface area (TPSA) is 84.7 Å². The molecule has 7 nitrogen and oxygen atoms in total. The van der Waals surface area contributed by atoms with Crippen molar-refractivity contribution < 1.29 is 4.79 Å². The number of aromatic nitrogens is 4. The number of fused-ring (bicyclic) bond motifs is 1. The van der Waals surface area contributed by atoms with Gasteiger partial charge in [0, 0.05) is 21.9 Å². The van der Waals surface area contributed by atoms with Crippen molar-refractivity contribution in [3.63, 3.8) is 0 Å². The van der Waals surface area contributed by atoms with Crippen LogP contribution in [0.25, 0.3) is 11.4 Å². The summed E-state index contributed by atoms with van der Waals surface area (Å²) >= 11 is 3.50. The quantitative estimate of drug-likeness (QED) is 0.395. The molecule has 0 aliphatic carbocycles. The minimum atomic E-state index is -0.448. The molecule has 0 fully saturated rings. The van der Waals surface area contributed by atoms with Gasteiger partial charge in [0.05, 0.1) is 17.5 Å². The summed E-state index contributed by atoms with van der Waals surface area (Å²) in [4.78, 5) is 22.3. The number of carbonyl (C=O) groups excluding carboxylic acids is 1. The molecule has 1 atom stereocenters. The van der Waals surface area contributed by atoms with Gasteiger partial charge in [0.2, 0.25) is 5.95 Å². The minimum Gasteiger partial charge on any atom is -0.328 e. The molecular weight excluding hydrogens is 480 g/mol. The Bertz CT molecular complexity index is 1360. The zero-order chi connectivity index (χ0) is 22.9. The number of aryl methyl sites for hydroxylation is 1. The number of hydrogen-bond donors (Lipinski definition) is 2. The number of halogens is 1. The second-order valence-electron chi connectivity index (χ2n) is 7.83. The number of allylic oxidation sites excluding steroid dienone is 1. The van der Waals surface area contributed by atoms with E-state index in [-0.39, 0.29) is 5.91 Å². The fourth-order valence-corrected chi connectivity index (χ4v) is 4.24. The van der Waals surface area contributed by atoms with E-state index in [2.05, 4.69) is 31.5 Å². The number of nitrogens with one attached hydrogen (secondary N) is 2. The third kappa shape index (κ3) is 4.05. The number of hydrogen-bond acceptors (Lipinski definition) is 5. The highest BCUT2D eigenvalue weighted by Crippen LogP contribution is 2.37. The van der Waals surface area contributed by atoms with Gasteiger partial charge in [0.15, 0.2) is 5.82 Å². The number of amides is 1. The van der Waals surface area contributed by atoms with Gasteiger partial charge in [-0.2, -0.15) is 4.98 Å². The Balaban J connectivity index is 1.62. The number of nitrogens with zero attached hydrogens (tertiary/aromatic N) is 4. The molecule has 1 aliphatic rings. The van der Waals surface area contributed by atoms with E-state index in [4.69, 9.17) is 10.1 Å². The summed E-state index contributed by atoms with van der Waals surface area (Å²) in [7, 11) is 0. The van der Waals surface area contributed by atoms with Crippen molar-refractivity contribution in [3.05, 3.63) is 99.9 Å². The van der Waals surface area contributed by atoms with Crippen molar-refractivity contribution in [1.82, 2.24) is 19.7 Å². The number of pyridine rings is 1. The van der Waals surface area contributed by atoms with E-state index in [9.17, 15) is 4.79 Å². The molecule has 1 unspecified atom stereocenters. The van der Waals surface area contributed by atoms with Crippen LogP contribution in [-0.4, -0.2) is 25.7 Å². The van der Waals surface area contributed by atoms with E-state index in [0.717, 1.165) is 26.9 Å². The summed E-state index contributed by atoms with van der Waals surface area (Å²) in [6.07, 6.45) is 3.29. The predicted molar refractivity (Wildman–Crippen MR) is 132 cm³/mol. The number of carbonyl (C=O) groups is 1.